The van der Waals surface area contributed by atoms with E-state index in [2.05, 4.69) is 10.1 Å². The van der Waals surface area contributed by atoms with Gasteiger partial charge in [0.15, 0.2) is 5.12 Å². The van der Waals surface area contributed by atoms with Crippen molar-refractivity contribution in [1.82, 2.24) is 5.32 Å². The number of thioether (sulfide) groups is 1. The van der Waals surface area contributed by atoms with Crippen molar-refractivity contribution < 1.29 is 28.7 Å². The van der Waals surface area contributed by atoms with E-state index >= 15 is 0 Å². The van der Waals surface area contributed by atoms with Crippen LogP contribution in [-0.4, -0.2) is 41.5 Å². The topological polar surface area (TPSA) is 98.8 Å². The second-order valence-corrected chi connectivity index (χ2v) is 5.02. The Kier molecular flexibility index (Phi) is 9.44. The second kappa shape index (κ2) is 10.2. The summed E-state index contributed by atoms with van der Waals surface area (Å²) in [7, 11) is 0. The second-order valence-electron chi connectivity index (χ2n) is 3.87. The largest absolute Gasteiger partial charge is 0.426 e. The number of rotatable bonds is 8. The van der Waals surface area contributed by atoms with Crippen LogP contribution in [-0.2, 0) is 28.7 Å². The number of ether oxygens (including phenoxy) is 2. The van der Waals surface area contributed by atoms with E-state index in [0.29, 0.717) is 12.3 Å². The Morgan fingerprint density at radius 2 is 1.75 bits per heavy atom. The Hall–Kier alpha value is -1.57. The van der Waals surface area contributed by atoms with Crippen molar-refractivity contribution in [3.8, 4) is 0 Å². The molecule has 0 heterocycles. The zero-order chi connectivity index (χ0) is 15.5. The zero-order valence-corrected chi connectivity index (χ0v) is 12.6. The number of carbonyl (C=O) groups excluding carboxylic acids is 4. The number of carbonyl (C=O) groups is 4. The number of hydrogen-bond donors (Lipinski definition) is 1. The molecule has 0 radical (unpaired) electrons. The lowest BCUT2D eigenvalue weighted by Gasteiger charge is -2.12. The van der Waals surface area contributed by atoms with Crippen LogP contribution in [0.25, 0.3) is 0 Å². The molecule has 0 saturated carbocycles. The summed E-state index contributed by atoms with van der Waals surface area (Å²) in [5.74, 6) is -0.845. The first-order valence-electron chi connectivity index (χ1n) is 6.08. The standard InChI is InChI=1S/C12H19NO6S/c1-8(14)13-6-7-20-12(17)5-4-11(16)19-10(3)18-9(2)15/h10H,4-7H2,1-3H3,(H,13,14). The molecule has 0 saturated heterocycles. The molecule has 8 heteroatoms. The molecule has 20 heavy (non-hydrogen) atoms. The summed E-state index contributed by atoms with van der Waals surface area (Å²) in [4.78, 5) is 43.9. The van der Waals surface area contributed by atoms with Gasteiger partial charge < -0.3 is 14.8 Å². The number of amides is 1. The van der Waals surface area contributed by atoms with Crippen LogP contribution in [0.15, 0.2) is 0 Å². The van der Waals surface area contributed by atoms with Crippen molar-refractivity contribution in [2.24, 2.45) is 0 Å². The Labute approximate surface area is 121 Å². The molecule has 1 atom stereocenters. The molecule has 114 valence electrons. The first-order valence-corrected chi connectivity index (χ1v) is 7.06. The lowest BCUT2D eigenvalue weighted by atomic mass is 10.3. The first kappa shape index (κ1) is 18.4. The summed E-state index contributed by atoms with van der Waals surface area (Å²) < 4.78 is 9.39. The predicted octanol–water partition coefficient (Wildman–Crippen LogP) is 0.615. The average Bonchev–Trinajstić information content (AvgIpc) is 2.30. The molecule has 1 amide bonds. The van der Waals surface area contributed by atoms with Gasteiger partial charge in [-0.2, -0.15) is 0 Å². The third-order valence-electron chi connectivity index (χ3n) is 1.90. The molecular weight excluding hydrogens is 286 g/mol. The van der Waals surface area contributed by atoms with Gasteiger partial charge in [0.25, 0.3) is 0 Å². The van der Waals surface area contributed by atoms with Crippen molar-refractivity contribution in [3.05, 3.63) is 0 Å². The highest BCUT2D eigenvalue weighted by Crippen LogP contribution is 2.08. The maximum atomic E-state index is 11.4. The van der Waals surface area contributed by atoms with E-state index in [9.17, 15) is 19.2 Å². The van der Waals surface area contributed by atoms with Gasteiger partial charge in [0.2, 0.25) is 12.2 Å². The molecule has 0 aromatic carbocycles. The molecule has 7 nitrogen and oxygen atoms in total. The number of hydrogen-bond acceptors (Lipinski definition) is 7. The van der Waals surface area contributed by atoms with Gasteiger partial charge in [-0.15, -0.1) is 0 Å². The molecule has 0 aliphatic heterocycles. The van der Waals surface area contributed by atoms with Crippen LogP contribution in [0.5, 0.6) is 0 Å². The number of nitrogens with one attached hydrogen (secondary N) is 1. The van der Waals surface area contributed by atoms with Gasteiger partial charge in [0.05, 0.1) is 6.42 Å². The third kappa shape index (κ3) is 11.5. The highest BCUT2D eigenvalue weighted by molar-refractivity contribution is 8.13. The van der Waals surface area contributed by atoms with Crippen molar-refractivity contribution in [2.75, 3.05) is 12.3 Å². The Morgan fingerprint density at radius 3 is 2.30 bits per heavy atom. The molecule has 1 N–H and O–H groups in total. The van der Waals surface area contributed by atoms with Crippen molar-refractivity contribution in [2.45, 2.75) is 39.9 Å². The smallest absolute Gasteiger partial charge is 0.309 e. The summed E-state index contributed by atoms with van der Waals surface area (Å²) in [6.07, 6.45) is -0.990. The van der Waals surface area contributed by atoms with Gasteiger partial charge in [0.1, 0.15) is 0 Å². The molecule has 0 aliphatic carbocycles. The predicted molar refractivity (Wildman–Crippen MR) is 72.7 cm³/mol. The van der Waals surface area contributed by atoms with Crippen LogP contribution in [0, 0.1) is 0 Å². The molecule has 0 fully saturated rings. The van der Waals surface area contributed by atoms with Gasteiger partial charge in [-0.05, 0) is 0 Å². The maximum Gasteiger partial charge on any atom is 0.309 e. The Balaban J connectivity index is 3.70. The molecule has 0 bridgehead atoms. The van der Waals surface area contributed by atoms with E-state index in [1.54, 1.807) is 0 Å². The van der Waals surface area contributed by atoms with Crippen molar-refractivity contribution >= 4 is 34.7 Å². The summed E-state index contributed by atoms with van der Waals surface area (Å²) in [6, 6.07) is 0. The van der Waals surface area contributed by atoms with Gasteiger partial charge in [-0.25, -0.2) is 0 Å². The van der Waals surface area contributed by atoms with E-state index in [-0.39, 0.29) is 23.9 Å². The normalized spacial score (nSPS) is 11.3. The summed E-state index contributed by atoms with van der Waals surface area (Å²) in [5.41, 5.74) is 0. The maximum absolute atomic E-state index is 11.4. The summed E-state index contributed by atoms with van der Waals surface area (Å²) in [6.45, 7) is 4.43. The van der Waals surface area contributed by atoms with E-state index in [1.165, 1.54) is 20.8 Å². The lowest BCUT2D eigenvalue weighted by Crippen LogP contribution is -2.23. The average molecular weight is 305 g/mol. The van der Waals surface area contributed by atoms with E-state index in [1.807, 2.05) is 0 Å². The van der Waals surface area contributed by atoms with Crippen LogP contribution < -0.4 is 5.32 Å². The monoisotopic (exact) mass is 305 g/mol. The fourth-order valence-corrected chi connectivity index (χ4v) is 1.85. The van der Waals surface area contributed by atoms with Gasteiger partial charge in [0, 0.05) is 39.5 Å². The molecule has 0 aromatic heterocycles. The third-order valence-corrected chi connectivity index (χ3v) is 2.84. The summed E-state index contributed by atoms with van der Waals surface area (Å²) >= 11 is 1.04. The number of esters is 2. The molecule has 0 aliphatic rings. The van der Waals surface area contributed by atoms with Gasteiger partial charge in [-0.3, -0.25) is 19.2 Å². The fraction of sp³-hybridized carbons (Fsp3) is 0.667. The Bertz CT molecular complexity index is 371. The highest BCUT2D eigenvalue weighted by Gasteiger charge is 2.13. The molecule has 0 spiro atoms. The fourth-order valence-electron chi connectivity index (χ4n) is 1.17. The lowest BCUT2D eigenvalue weighted by molar-refractivity contribution is -0.183. The van der Waals surface area contributed by atoms with Crippen LogP contribution in [0.2, 0.25) is 0 Å². The van der Waals surface area contributed by atoms with E-state index in [4.69, 9.17) is 4.74 Å². The van der Waals surface area contributed by atoms with E-state index < -0.39 is 18.2 Å². The minimum atomic E-state index is -0.956. The van der Waals surface area contributed by atoms with Crippen LogP contribution >= 0.6 is 11.8 Å². The Morgan fingerprint density at radius 1 is 1.10 bits per heavy atom. The minimum Gasteiger partial charge on any atom is -0.426 e. The van der Waals surface area contributed by atoms with Crippen LogP contribution in [0.3, 0.4) is 0 Å². The quantitative estimate of drug-likeness (QED) is 0.398. The van der Waals surface area contributed by atoms with Gasteiger partial charge in [-0.1, -0.05) is 11.8 Å². The zero-order valence-electron chi connectivity index (χ0n) is 11.8. The molecule has 0 aromatic rings. The highest BCUT2D eigenvalue weighted by atomic mass is 32.2. The van der Waals surface area contributed by atoms with Crippen molar-refractivity contribution in [1.29, 1.82) is 0 Å². The first-order chi connectivity index (χ1) is 9.31. The van der Waals surface area contributed by atoms with E-state index in [0.717, 1.165) is 11.8 Å². The molecule has 0 rings (SSSR count). The molecular formula is C12H19NO6S. The van der Waals surface area contributed by atoms with Crippen LogP contribution in [0.1, 0.15) is 33.6 Å². The van der Waals surface area contributed by atoms with Crippen molar-refractivity contribution in [3.63, 3.8) is 0 Å². The SMILES string of the molecule is CC(=O)NCCSC(=O)CCC(=O)OC(C)OC(C)=O. The molecule has 1 unspecified atom stereocenters. The van der Waals surface area contributed by atoms with Crippen LogP contribution in [0.4, 0.5) is 0 Å². The van der Waals surface area contributed by atoms with Gasteiger partial charge >= 0.3 is 11.9 Å². The minimum absolute atomic E-state index is 0.0381. The summed E-state index contributed by atoms with van der Waals surface area (Å²) in [5, 5.41) is 2.40.